The van der Waals surface area contributed by atoms with Crippen molar-refractivity contribution in [1.82, 2.24) is 20.2 Å². The highest BCUT2D eigenvalue weighted by molar-refractivity contribution is 6.34. The van der Waals surface area contributed by atoms with Crippen molar-refractivity contribution in [2.45, 2.75) is 13.8 Å². The third kappa shape index (κ3) is 8.52. The molecule has 0 radical (unpaired) electrons. The van der Waals surface area contributed by atoms with Crippen LogP contribution in [0, 0.1) is 25.2 Å². The SMILES string of the molecule is Cc1ccc(-c2ncc(-c3ccc(Oc4ccccc4)cc3)c(C#N)c2Cl)cc1.Cc1ccc(-c2ncc(-c3ccc(Oc4ccccc4)cc3)c3c(N)n[nH]c23)cc1. The Kier molecular flexibility index (Phi) is 11.1. The van der Waals surface area contributed by atoms with Gasteiger partial charge in [-0.3, -0.25) is 15.1 Å². The first-order chi connectivity index (χ1) is 28.8. The lowest BCUT2D eigenvalue weighted by atomic mass is 9.99. The van der Waals surface area contributed by atoms with Crippen molar-refractivity contribution in [3.8, 4) is 73.8 Å². The van der Waals surface area contributed by atoms with E-state index in [9.17, 15) is 5.26 Å². The number of aromatic nitrogens is 4. The van der Waals surface area contributed by atoms with E-state index in [2.05, 4.69) is 52.4 Å². The molecule has 0 aliphatic carbocycles. The van der Waals surface area contributed by atoms with Gasteiger partial charge >= 0.3 is 0 Å². The number of nitrogen functional groups attached to an aromatic ring is 1. The maximum absolute atomic E-state index is 9.74. The number of anilines is 1. The molecule has 8 nitrogen and oxygen atoms in total. The van der Waals surface area contributed by atoms with Crippen LogP contribution in [0.15, 0.2) is 170 Å². The number of pyridine rings is 2. The molecule has 59 heavy (non-hydrogen) atoms. The molecule has 0 atom stereocenters. The maximum Gasteiger partial charge on any atom is 0.153 e. The number of H-pyrrole nitrogens is 1. The van der Waals surface area contributed by atoms with Crippen molar-refractivity contribution in [2.24, 2.45) is 0 Å². The molecule has 6 aromatic carbocycles. The van der Waals surface area contributed by atoms with Crippen molar-refractivity contribution in [3.63, 3.8) is 0 Å². The summed E-state index contributed by atoms with van der Waals surface area (Å²) in [6, 6.07) is 53.1. The van der Waals surface area contributed by atoms with Crippen molar-refractivity contribution >= 4 is 28.3 Å². The Morgan fingerprint density at radius 3 is 1.47 bits per heavy atom. The summed E-state index contributed by atoms with van der Waals surface area (Å²) < 4.78 is 11.7. The van der Waals surface area contributed by atoms with E-state index in [4.69, 9.17) is 31.8 Å². The van der Waals surface area contributed by atoms with E-state index in [-0.39, 0.29) is 0 Å². The number of nitrogens with zero attached hydrogens (tertiary/aromatic N) is 4. The maximum atomic E-state index is 9.74. The normalized spacial score (nSPS) is 10.7. The van der Waals surface area contributed by atoms with Crippen LogP contribution >= 0.6 is 11.6 Å². The second kappa shape index (κ2) is 17.2. The number of para-hydroxylation sites is 2. The number of benzene rings is 6. The molecule has 0 spiro atoms. The van der Waals surface area contributed by atoms with E-state index >= 15 is 0 Å². The Labute approximate surface area is 347 Å². The number of rotatable bonds is 8. The number of fused-ring (bicyclic) bond motifs is 1. The summed E-state index contributed by atoms with van der Waals surface area (Å²) in [7, 11) is 0. The molecule has 9 aromatic rings. The zero-order chi connectivity index (χ0) is 40.7. The number of aryl methyl sites for hydroxylation is 2. The van der Waals surface area contributed by atoms with E-state index in [0.717, 1.165) is 67.2 Å². The van der Waals surface area contributed by atoms with Crippen LogP contribution in [0.2, 0.25) is 5.02 Å². The summed E-state index contributed by atoms with van der Waals surface area (Å²) >= 11 is 6.57. The first-order valence-electron chi connectivity index (χ1n) is 18.9. The summed E-state index contributed by atoms with van der Waals surface area (Å²) in [5.41, 5.74) is 16.6. The zero-order valence-electron chi connectivity index (χ0n) is 32.2. The van der Waals surface area contributed by atoms with Crippen LogP contribution in [-0.2, 0) is 0 Å². The van der Waals surface area contributed by atoms with Gasteiger partial charge in [-0.15, -0.1) is 0 Å². The van der Waals surface area contributed by atoms with Gasteiger partial charge in [-0.25, -0.2) is 0 Å². The van der Waals surface area contributed by atoms with E-state index in [1.54, 1.807) is 6.20 Å². The van der Waals surface area contributed by atoms with E-state index in [0.29, 0.717) is 33.4 Å². The highest BCUT2D eigenvalue weighted by atomic mass is 35.5. The standard InChI is InChI=1S/C25H17ClN2O.C25H20N4O/c1-17-7-9-19(10-8-17)25-24(26)22(15-27)23(16-28-25)18-11-13-21(14-12-18)29-20-5-3-2-4-6-20;1-16-7-9-18(10-8-16)23-24-22(25(26)29-28-24)21(15-27-23)17-11-13-20(14-12-17)30-19-5-3-2-4-6-19/h2-14,16H,1H3;2-15H,1H3,(H3,26,28,29). The van der Waals surface area contributed by atoms with Gasteiger partial charge in [0, 0.05) is 34.6 Å². The average molecular weight is 789 g/mol. The van der Waals surface area contributed by atoms with Gasteiger partial charge in [-0.2, -0.15) is 10.4 Å². The monoisotopic (exact) mass is 788 g/mol. The molecule has 3 heterocycles. The number of aromatic amines is 1. The molecule has 0 amide bonds. The van der Waals surface area contributed by atoms with Gasteiger partial charge in [0.1, 0.15) is 29.1 Å². The lowest BCUT2D eigenvalue weighted by molar-refractivity contribution is 0.482. The molecular formula is C50H37ClN6O2. The van der Waals surface area contributed by atoms with Crippen LogP contribution in [0.1, 0.15) is 16.7 Å². The smallest absolute Gasteiger partial charge is 0.153 e. The van der Waals surface area contributed by atoms with Crippen LogP contribution < -0.4 is 15.2 Å². The molecule has 3 N–H and O–H groups in total. The molecule has 0 aliphatic rings. The summed E-state index contributed by atoms with van der Waals surface area (Å²) in [4.78, 5) is 9.27. The topological polar surface area (TPSA) is 123 Å². The molecule has 9 heteroatoms. The van der Waals surface area contributed by atoms with E-state index < -0.39 is 0 Å². The molecule has 0 unspecified atom stereocenters. The minimum Gasteiger partial charge on any atom is -0.457 e. The fourth-order valence-electron chi connectivity index (χ4n) is 6.59. The van der Waals surface area contributed by atoms with Crippen molar-refractivity contribution in [3.05, 3.63) is 192 Å². The van der Waals surface area contributed by atoms with Gasteiger partial charge < -0.3 is 15.2 Å². The lowest BCUT2D eigenvalue weighted by Gasteiger charge is -2.11. The predicted molar refractivity (Wildman–Crippen MR) is 237 cm³/mol. The lowest BCUT2D eigenvalue weighted by Crippen LogP contribution is -1.94. The minimum atomic E-state index is 0.360. The van der Waals surface area contributed by atoms with Gasteiger partial charge in [0.15, 0.2) is 5.82 Å². The summed E-state index contributed by atoms with van der Waals surface area (Å²) in [5, 5.41) is 18.3. The number of hydrogen-bond acceptors (Lipinski definition) is 7. The number of hydrogen-bond donors (Lipinski definition) is 2. The quantitative estimate of drug-likeness (QED) is 0.157. The molecular weight excluding hydrogens is 752 g/mol. The highest BCUT2D eigenvalue weighted by Gasteiger charge is 2.18. The number of nitriles is 1. The first kappa shape index (κ1) is 38.2. The Morgan fingerprint density at radius 1 is 0.542 bits per heavy atom. The van der Waals surface area contributed by atoms with Gasteiger partial charge in [0.05, 0.1) is 32.9 Å². The summed E-state index contributed by atoms with van der Waals surface area (Å²) in [6.07, 6.45) is 3.56. The molecule has 0 bridgehead atoms. The molecule has 0 fully saturated rings. The van der Waals surface area contributed by atoms with Gasteiger partial charge in [-0.1, -0.05) is 132 Å². The third-order valence-electron chi connectivity index (χ3n) is 9.69. The Bertz CT molecular complexity index is 2890. The van der Waals surface area contributed by atoms with Crippen molar-refractivity contribution in [1.29, 1.82) is 5.26 Å². The van der Waals surface area contributed by atoms with Crippen LogP contribution in [-0.4, -0.2) is 20.2 Å². The second-order valence-corrected chi connectivity index (χ2v) is 14.2. The molecule has 0 saturated heterocycles. The third-order valence-corrected chi connectivity index (χ3v) is 10.1. The summed E-state index contributed by atoms with van der Waals surface area (Å²) in [5.74, 6) is 3.51. The molecule has 9 rings (SSSR count). The Balaban J connectivity index is 0.000000164. The summed E-state index contributed by atoms with van der Waals surface area (Å²) in [6.45, 7) is 4.09. The van der Waals surface area contributed by atoms with Gasteiger partial charge in [0.2, 0.25) is 0 Å². The van der Waals surface area contributed by atoms with Crippen molar-refractivity contribution in [2.75, 3.05) is 5.73 Å². The number of nitrogens with two attached hydrogens (primary N) is 1. The first-order valence-corrected chi connectivity index (χ1v) is 19.2. The van der Waals surface area contributed by atoms with Crippen LogP contribution in [0.3, 0.4) is 0 Å². The minimum absolute atomic E-state index is 0.360. The predicted octanol–water partition coefficient (Wildman–Crippen LogP) is 13.0. The van der Waals surface area contributed by atoms with Gasteiger partial charge in [0.25, 0.3) is 0 Å². The highest BCUT2D eigenvalue weighted by Crippen LogP contribution is 2.38. The largest absolute Gasteiger partial charge is 0.457 e. The number of ether oxygens (including phenoxy) is 2. The number of halogens is 1. The second-order valence-electron chi connectivity index (χ2n) is 13.8. The van der Waals surface area contributed by atoms with E-state index in [1.807, 2.05) is 147 Å². The molecule has 286 valence electrons. The average Bonchev–Trinajstić information content (AvgIpc) is 3.67. The van der Waals surface area contributed by atoms with E-state index in [1.165, 1.54) is 5.56 Å². The van der Waals surface area contributed by atoms with Crippen LogP contribution in [0.25, 0.3) is 55.7 Å². The fourth-order valence-corrected chi connectivity index (χ4v) is 6.89. The molecule has 0 aliphatic heterocycles. The van der Waals surface area contributed by atoms with Crippen molar-refractivity contribution < 1.29 is 9.47 Å². The Hall–Kier alpha value is -7.73. The number of nitrogens with one attached hydrogen (secondary N) is 1. The van der Waals surface area contributed by atoms with Crippen LogP contribution in [0.4, 0.5) is 5.82 Å². The Morgan fingerprint density at radius 2 is 0.966 bits per heavy atom. The van der Waals surface area contributed by atoms with Crippen LogP contribution in [0.5, 0.6) is 23.0 Å². The zero-order valence-corrected chi connectivity index (χ0v) is 33.0. The molecule has 0 saturated carbocycles. The fraction of sp³-hybridized carbons (Fsp3) is 0.0400. The van der Waals surface area contributed by atoms with Gasteiger partial charge in [-0.05, 0) is 73.5 Å². The molecule has 3 aromatic heterocycles.